The molecule has 8 heteroatoms. The van der Waals surface area contributed by atoms with E-state index in [1.165, 1.54) is 22.7 Å². The lowest BCUT2D eigenvalue weighted by molar-refractivity contribution is 0.618. The van der Waals surface area contributed by atoms with Crippen molar-refractivity contribution in [1.82, 2.24) is 9.97 Å². The van der Waals surface area contributed by atoms with E-state index in [0.717, 1.165) is 69.4 Å². The van der Waals surface area contributed by atoms with Crippen LogP contribution >= 0.6 is 0 Å². The number of hydrogen-bond donors (Lipinski definition) is 0. The summed E-state index contributed by atoms with van der Waals surface area (Å²) in [5.41, 5.74) is 16.0. The van der Waals surface area contributed by atoms with Crippen molar-refractivity contribution < 1.29 is 8.83 Å². The van der Waals surface area contributed by atoms with Crippen LogP contribution in [0.5, 0.6) is 0 Å². The zero-order valence-corrected chi connectivity index (χ0v) is 30.9. The molecule has 4 heterocycles. The summed E-state index contributed by atoms with van der Waals surface area (Å²) < 4.78 is 12.7. The molecule has 56 heavy (non-hydrogen) atoms. The Morgan fingerprint density at radius 2 is 0.696 bits per heavy atom. The average Bonchev–Trinajstić information content (AvgIpc) is 3.87. The number of fused-ring (bicyclic) bond motifs is 6. The Labute approximate surface area is 324 Å². The van der Waals surface area contributed by atoms with E-state index in [0.29, 0.717) is 22.9 Å². The Kier molecular flexibility index (Phi) is 7.25. The van der Waals surface area contributed by atoms with Gasteiger partial charge in [0.25, 0.3) is 0 Å². The molecule has 0 fully saturated rings. The van der Waals surface area contributed by atoms with E-state index in [4.69, 9.17) is 18.8 Å². The highest BCUT2D eigenvalue weighted by Crippen LogP contribution is 2.52. The average molecular weight is 729 g/mol. The Bertz CT molecular complexity index is 2590. The van der Waals surface area contributed by atoms with Crippen molar-refractivity contribution in [3.63, 3.8) is 0 Å². The number of rotatable bonds is 6. The third-order valence-electron chi connectivity index (χ3n) is 10.9. The van der Waals surface area contributed by atoms with Crippen molar-refractivity contribution in [2.75, 3.05) is 32.7 Å². The quantitative estimate of drug-likeness (QED) is 0.168. The SMILES string of the molecule is CCN1c2ccccc2N(c2ccc(-c3nc4cc5oc(-c6ccc(N7c8ccccc8N(CC)c8ccccc87)cc6)nc5cc4o3)cc2)c2ccccc21. The molecular weight excluding hydrogens is 693 g/mol. The molecule has 0 saturated heterocycles. The van der Waals surface area contributed by atoms with Gasteiger partial charge in [0.1, 0.15) is 11.0 Å². The van der Waals surface area contributed by atoms with Crippen molar-refractivity contribution >= 4 is 79.1 Å². The van der Waals surface area contributed by atoms with E-state index >= 15 is 0 Å². The van der Waals surface area contributed by atoms with E-state index in [1.807, 2.05) is 12.1 Å². The van der Waals surface area contributed by atoms with E-state index < -0.39 is 0 Å². The Balaban J connectivity index is 0.882. The van der Waals surface area contributed by atoms with Crippen LogP contribution in [0, 0.1) is 0 Å². The molecule has 0 radical (unpaired) electrons. The van der Waals surface area contributed by atoms with Gasteiger partial charge < -0.3 is 28.4 Å². The second-order valence-electron chi connectivity index (χ2n) is 14.0. The van der Waals surface area contributed by atoms with Crippen molar-refractivity contribution in [1.29, 1.82) is 0 Å². The molecule has 8 nitrogen and oxygen atoms in total. The normalized spacial score (nSPS) is 13.2. The molecule has 0 unspecified atom stereocenters. The van der Waals surface area contributed by atoms with Crippen LogP contribution in [0.15, 0.2) is 167 Å². The second-order valence-corrected chi connectivity index (χ2v) is 14.0. The van der Waals surface area contributed by atoms with Crippen LogP contribution in [0.25, 0.3) is 45.1 Å². The lowest BCUT2D eigenvalue weighted by Crippen LogP contribution is -2.26. The summed E-state index contributed by atoms with van der Waals surface area (Å²) in [5, 5.41) is 0. The first-order valence-electron chi connectivity index (χ1n) is 19.1. The number of hydrogen-bond acceptors (Lipinski definition) is 8. The molecule has 2 aliphatic rings. The van der Waals surface area contributed by atoms with Crippen LogP contribution in [0.2, 0.25) is 0 Å². The monoisotopic (exact) mass is 728 g/mol. The largest absolute Gasteiger partial charge is 0.436 e. The Morgan fingerprint density at radius 1 is 0.393 bits per heavy atom. The van der Waals surface area contributed by atoms with Crippen LogP contribution in [0.4, 0.5) is 56.9 Å². The Morgan fingerprint density at radius 3 is 1.00 bits per heavy atom. The third kappa shape index (κ3) is 4.92. The minimum Gasteiger partial charge on any atom is -0.436 e. The molecule has 2 aliphatic heterocycles. The maximum atomic E-state index is 6.34. The zero-order chi connectivity index (χ0) is 37.3. The van der Waals surface area contributed by atoms with Crippen molar-refractivity contribution in [3.05, 3.63) is 158 Å². The van der Waals surface area contributed by atoms with Gasteiger partial charge >= 0.3 is 0 Å². The maximum absolute atomic E-state index is 6.34. The summed E-state index contributed by atoms with van der Waals surface area (Å²) in [6, 6.07) is 54.9. The van der Waals surface area contributed by atoms with Gasteiger partial charge in [-0.3, -0.25) is 0 Å². The molecule has 7 aromatic carbocycles. The van der Waals surface area contributed by atoms with Gasteiger partial charge in [0.2, 0.25) is 11.8 Å². The minimum atomic E-state index is 0.550. The number of aromatic nitrogens is 2. The molecule has 2 aromatic heterocycles. The van der Waals surface area contributed by atoms with Gasteiger partial charge in [-0.2, -0.15) is 0 Å². The molecule has 0 saturated carbocycles. The lowest BCUT2D eigenvalue weighted by Gasteiger charge is -2.39. The van der Waals surface area contributed by atoms with Gasteiger partial charge in [-0.05, 0) is 111 Å². The fourth-order valence-electron chi connectivity index (χ4n) is 8.39. The van der Waals surface area contributed by atoms with Gasteiger partial charge in [0.05, 0.1) is 45.5 Å². The molecule has 0 N–H and O–H groups in total. The molecule has 270 valence electrons. The summed E-state index contributed by atoms with van der Waals surface area (Å²) in [6.45, 7) is 6.15. The van der Waals surface area contributed by atoms with Crippen LogP contribution in [-0.4, -0.2) is 23.1 Å². The fraction of sp³-hybridized carbons (Fsp3) is 0.0833. The molecule has 0 spiro atoms. The highest BCUT2D eigenvalue weighted by atomic mass is 16.4. The molecule has 0 amide bonds. The first-order chi connectivity index (χ1) is 27.7. The zero-order valence-electron chi connectivity index (χ0n) is 30.9. The number of anilines is 10. The van der Waals surface area contributed by atoms with Crippen LogP contribution in [0.1, 0.15) is 13.8 Å². The predicted molar refractivity (Wildman–Crippen MR) is 227 cm³/mol. The topological polar surface area (TPSA) is 65.0 Å². The maximum Gasteiger partial charge on any atom is 0.227 e. The summed E-state index contributed by atoms with van der Waals surface area (Å²) >= 11 is 0. The van der Waals surface area contributed by atoms with Gasteiger partial charge in [-0.1, -0.05) is 48.5 Å². The summed E-state index contributed by atoms with van der Waals surface area (Å²) in [4.78, 5) is 19.1. The van der Waals surface area contributed by atoms with Gasteiger partial charge in [-0.25, -0.2) is 9.97 Å². The van der Waals surface area contributed by atoms with Gasteiger partial charge in [-0.15, -0.1) is 0 Å². The lowest BCUT2D eigenvalue weighted by atomic mass is 10.1. The van der Waals surface area contributed by atoms with E-state index in [9.17, 15) is 0 Å². The molecule has 11 rings (SSSR count). The van der Waals surface area contributed by atoms with Crippen LogP contribution in [0.3, 0.4) is 0 Å². The van der Waals surface area contributed by atoms with E-state index in [2.05, 4.69) is 179 Å². The van der Waals surface area contributed by atoms with Crippen LogP contribution in [-0.2, 0) is 0 Å². The summed E-state index contributed by atoms with van der Waals surface area (Å²) in [5.74, 6) is 1.10. The first kappa shape index (κ1) is 32.1. The second kappa shape index (κ2) is 12.6. The number of benzene rings is 7. The van der Waals surface area contributed by atoms with E-state index in [1.54, 1.807) is 0 Å². The van der Waals surface area contributed by atoms with Crippen molar-refractivity contribution in [2.45, 2.75) is 13.8 Å². The first-order valence-corrected chi connectivity index (χ1v) is 19.1. The molecule has 0 atom stereocenters. The molecule has 0 aliphatic carbocycles. The summed E-state index contributed by atoms with van der Waals surface area (Å²) in [7, 11) is 0. The van der Waals surface area contributed by atoms with Crippen LogP contribution < -0.4 is 19.6 Å². The predicted octanol–water partition coefficient (Wildman–Crippen LogP) is 13.2. The van der Waals surface area contributed by atoms with Crippen molar-refractivity contribution in [3.8, 4) is 22.9 Å². The van der Waals surface area contributed by atoms with Gasteiger partial charge in [0.15, 0.2) is 11.2 Å². The molecule has 0 bridgehead atoms. The minimum absolute atomic E-state index is 0.550. The number of oxazole rings is 2. The molecule has 9 aromatic rings. The third-order valence-corrected chi connectivity index (χ3v) is 10.9. The van der Waals surface area contributed by atoms with Crippen molar-refractivity contribution in [2.24, 2.45) is 0 Å². The fourth-order valence-corrected chi connectivity index (χ4v) is 8.39. The highest BCUT2D eigenvalue weighted by molar-refractivity contribution is 5.99. The smallest absolute Gasteiger partial charge is 0.227 e. The van der Waals surface area contributed by atoms with E-state index in [-0.39, 0.29) is 0 Å². The molecular formula is C48H36N6O2. The Hall–Kier alpha value is -7.32. The van der Waals surface area contributed by atoms with Gasteiger partial charge in [0, 0.05) is 47.7 Å². The standard InChI is InChI=1S/C48H36N6O2/c1-3-51-37-13-5-9-17-41(37)53(42-18-10-6-14-38(42)51)33-25-21-31(22-26-33)47-49-35-29-46-36(30-45(35)55-47)50-48(56-46)32-23-27-34(28-24-32)54-43-19-11-7-15-39(43)52(4-2)40-16-8-12-20-44(40)54/h5-30H,3-4H2,1-2H3. The number of nitrogens with zero attached hydrogens (tertiary/aromatic N) is 6. The number of para-hydroxylation sites is 8. The highest BCUT2D eigenvalue weighted by Gasteiger charge is 2.30. The summed E-state index contributed by atoms with van der Waals surface area (Å²) in [6.07, 6.45) is 0.